The van der Waals surface area contributed by atoms with E-state index in [0.717, 1.165) is 26.9 Å². The fourth-order valence-corrected chi connectivity index (χ4v) is 4.19. The van der Waals surface area contributed by atoms with Crippen LogP contribution in [-0.2, 0) is 11.4 Å². The number of nitrogens with zero attached hydrogens (tertiary/aromatic N) is 1. The van der Waals surface area contributed by atoms with Gasteiger partial charge in [0, 0.05) is 0 Å². The summed E-state index contributed by atoms with van der Waals surface area (Å²) in [5.41, 5.74) is 3.68. The lowest BCUT2D eigenvalue weighted by molar-refractivity contribution is -0.115. The molecule has 1 fully saturated rings. The second kappa shape index (κ2) is 9.49. The zero-order valence-corrected chi connectivity index (χ0v) is 19.0. The Morgan fingerprint density at radius 3 is 2.55 bits per heavy atom. The van der Waals surface area contributed by atoms with E-state index in [1.54, 1.807) is 12.1 Å². The normalized spacial score (nSPS) is 16.0. The number of aliphatic imine (C=N–C) groups is 1. The van der Waals surface area contributed by atoms with Gasteiger partial charge in [0.25, 0.3) is 5.91 Å². The van der Waals surface area contributed by atoms with Crippen LogP contribution in [0.1, 0.15) is 16.7 Å². The highest BCUT2D eigenvalue weighted by Crippen LogP contribution is 2.31. The molecule has 3 aromatic rings. The maximum Gasteiger partial charge on any atom is 0.264 e. The Bertz CT molecular complexity index is 1180. The number of amidine groups is 1. The second-order valence-electron chi connectivity index (χ2n) is 6.92. The van der Waals surface area contributed by atoms with Crippen molar-refractivity contribution in [3.05, 3.63) is 98.6 Å². The number of rotatable bonds is 5. The van der Waals surface area contributed by atoms with Crippen molar-refractivity contribution in [3.8, 4) is 5.75 Å². The molecule has 1 heterocycles. The number of ether oxygens (including phenoxy) is 1. The average molecular weight is 497 g/mol. The second-order valence-corrected chi connectivity index (χ2v) is 8.81. The summed E-state index contributed by atoms with van der Waals surface area (Å²) in [4.78, 5) is 17.4. The Morgan fingerprint density at radius 1 is 1.10 bits per heavy atom. The minimum atomic E-state index is -0.275. The molecular weight excluding hydrogens is 479 g/mol. The standard InChI is InChI=1S/C24H18BrFN2O2S/c1-15-2-9-19(10-3-15)27-24-28-23(29)22(31-24)13-17-6-11-21(20(25)12-17)30-14-16-4-7-18(26)8-5-16/h2-13H,14H2,1H3,(H,27,28,29)/b22-13-. The van der Waals surface area contributed by atoms with E-state index >= 15 is 0 Å². The Hall–Kier alpha value is -2.90. The van der Waals surface area contributed by atoms with Crippen LogP contribution in [0.2, 0.25) is 0 Å². The first kappa shape index (κ1) is 21.3. The molecule has 3 aromatic carbocycles. The third-order valence-electron chi connectivity index (χ3n) is 4.48. The summed E-state index contributed by atoms with van der Waals surface area (Å²) in [5, 5.41) is 3.35. The van der Waals surface area contributed by atoms with Crippen molar-refractivity contribution in [2.75, 3.05) is 0 Å². The summed E-state index contributed by atoms with van der Waals surface area (Å²) < 4.78 is 19.6. The maximum atomic E-state index is 13.0. The molecule has 0 spiro atoms. The van der Waals surface area contributed by atoms with E-state index < -0.39 is 0 Å². The van der Waals surface area contributed by atoms with Gasteiger partial charge in [-0.15, -0.1) is 0 Å². The van der Waals surface area contributed by atoms with Gasteiger partial charge in [-0.25, -0.2) is 9.38 Å². The number of amides is 1. The number of nitrogens with one attached hydrogen (secondary N) is 1. The zero-order chi connectivity index (χ0) is 21.8. The number of carbonyl (C=O) groups excluding carboxylic acids is 1. The van der Waals surface area contributed by atoms with Gasteiger partial charge in [-0.2, -0.15) is 0 Å². The summed E-state index contributed by atoms with van der Waals surface area (Å²) in [5.74, 6) is 0.212. The van der Waals surface area contributed by atoms with Crippen LogP contribution in [0.3, 0.4) is 0 Å². The molecular formula is C24H18BrFN2O2S. The topological polar surface area (TPSA) is 50.7 Å². The lowest BCUT2D eigenvalue weighted by atomic mass is 10.2. The van der Waals surface area contributed by atoms with Crippen molar-refractivity contribution in [1.82, 2.24) is 5.32 Å². The summed E-state index contributed by atoms with van der Waals surface area (Å²) in [6.45, 7) is 2.34. The van der Waals surface area contributed by atoms with Gasteiger partial charge in [-0.3, -0.25) is 4.79 Å². The third-order valence-corrected chi connectivity index (χ3v) is 6.01. The van der Waals surface area contributed by atoms with E-state index in [9.17, 15) is 9.18 Å². The fourth-order valence-electron chi connectivity index (χ4n) is 2.83. The highest BCUT2D eigenvalue weighted by Gasteiger charge is 2.23. The SMILES string of the molecule is Cc1ccc(N=C2NC(=O)/C(=C/c3ccc(OCc4ccc(F)cc4)c(Br)c3)S2)cc1. The molecule has 1 saturated heterocycles. The third kappa shape index (κ3) is 5.62. The van der Waals surface area contributed by atoms with Crippen LogP contribution >= 0.6 is 27.7 Å². The largest absolute Gasteiger partial charge is 0.488 e. The summed E-state index contributed by atoms with van der Waals surface area (Å²) in [7, 11) is 0. The van der Waals surface area contributed by atoms with Gasteiger partial charge in [0.2, 0.25) is 0 Å². The van der Waals surface area contributed by atoms with E-state index in [4.69, 9.17) is 4.74 Å². The predicted octanol–water partition coefficient (Wildman–Crippen LogP) is 6.37. The Morgan fingerprint density at radius 2 is 1.84 bits per heavy atom. The smallest absolute Gasteiger partial charge is 0.264 e. The summed E-state index contributed by atoms with van der Waals surface area (Å²) in [6.07, 6.45) is 1.81. The summed E-state index contributed by atoms with van der Waals surface area (Å²) in [6, 6.07) is 19.6. The van der Waals surface area contributed by atoms with Crippen LogP contribution in [0.15, 0.2) is 81.1 Å². The molecule has 1 amide bonds. The molecule has 0 atom stereocenters. The first-order chi connectivity index (χ1) is 15.0. The van der Waals surface area contributed by atoms with Gasteiger partial charge in [-0.05, 0) is 88.2 Å². The highest BCUT2D eigenvalue weighted by molar-refractivity contribution is 9.10. The monoisotopic (exact) mass is 496 g/mol. The molecule has 7 heteroatoms. The first-order valence-electron chi connectivity index (χ1n) is 9.49. The maximum absolute atomic E-state index is 13.0. The van der Waals surface area contributed by atoms with E-state index in [-0.39, 0.29) is 11.7 Å². The number of benzene rings is 3. The van der Waals surface area contributed by atoms with Crippen LogP contribution in [0, 0.1) is 12.7 Å². The molecule has 0 radical (unpaired) electrons. The molecule has 0 aromatic heterocycles. The molecule has 4 rings (SSSR count). The fraction of sp³-hybridized carbons (Fsp3) is 0.0833. The van der Waals surface area contributed by atoms with Crippen molar-refractivity contribution >= 4 is 50.5 Å². The molecule has 1 N–H and O–H groups in total. The molecule has 156 valence electrons. The zero-order valence-electron chi connectivity index (χ0n) is 16.6. The van der Waals surface area contributed by atoms with Crippen molar-refractivity contribution in [2.24, 2.45) is 4.99 Å². The van der Waals surface area contributed by atoms with Crippen LogP contribution in [0.5, 0.6) is 5.75 Å². The van der Waals surface area contributed by atoms with Crippen LogP contribution in [0.4, 0.5) is 10.1 Å². The molecule has 1 aliphatic heterocycles. The van der Waals surface area contributed by atoms with Gasteiger partial charge in [-0.1, -0.05) is 35.9 Å². The first-order valence-corrected chi connectivity index (χ1v) is 11.1. The molecule has 0 unspecified atom stereocenters. The lowest BCUT2D eigenvalue weighted by Crippen LogP contribution is -2.19. The Balaban J connectivity index is 1.44. The quantitative estimate of drug-likeness (QED) is 0.417. The Kier molecular flexibility index (Phi) is 6.53. The number of hydrogen-bond acceptors (Lipinski definition) is 4. The van der Waals surface area contributed by atoms with Crippen LogP contribution < -0.4 is 10.1 Å². The van der Waals surface area contributed by atoms with Gasteiger partial charge < -0.3 is 10.1 Å². The average Bonchev–Trinajstić information content (AvgIpc) is 3.09. The van der Waals surface area contributed by atoms with Crippen molar-refractivity contribution in [3.63, 3.8) is 0 Å². The van der Waals surface area contributed by atoms with Gasteiger partial charge in [0.15, 0.2) is 5.17 Å². The van der Waals surface area contributed by atoms with Crippen LogP contribution in [0.25, 0.3) is 6.08 Å². The Labute approximate surface area is 192 Å². The van der Waals surface area contributed by atoms with Gasteiger partial charge >= 0.3 is 0 Å². The minimum absolute atomic E-state index is 0.177. The van der Waals surface area contributed by atoms with E-state index in [1.165, 1.54) is 23.9 Å². The lowest BCUT2D eigenvalue weighted by Gasteiger charge is -2.09. The minimum Gasteiger partial charge on any atom is -0.488 e. The van der Waals surface area contributed by atoms with E-state index in [1.807, 2.05) is 55.5 Å². The molecule has 31 heavy (non-hydrogen) atoms. The molecule has 0 bridgehead atoms. The van der Waals surface area contributed by atoms with Crippen molar-refractivity contribution in [2.45, 2.75) is 13.5 Å². The van der Waals surface area contributed by atoms with Gasteiger partial charge in [0.05, 0.1) is 15.1 Å². The number of carbonyl (C=O) groups is 1. The van der Waals surface area contributed by atoms with E-state index in [0.29, 0.717) is 22.4 Å². The van der Waals surface area contributed by atoms with Crippen LogP contribution in [-0.4, -0.2) is 11.1 Å². The highest BCUT2D eigenvalue weighted by atomic mass is 79.9. The molecule has 4 nitrogen and oxygen atoms in total. The number of thioether (sulfide) groups is 1. The molecule has 1 aliphatic rings. The van der Waals surface area contributed by atoms with Crippen molar-refractivity contribution in [1.29, 1.82) is 0 Å². The predicted molar refractivity (Wildman–Crippen MR) is 127 cm³/mol. The van der Waals surface area contributed by atoms with Gasteiger partial charge in [0.1, 0.15) is 18.2 Å². The number of hydrogen-bond donors (Lipinski definition) is 1. The number of halogens is 2. The van der Waals surface area contributed by atoms with E-state index in [2.05, 4.69) is 26.2 Å². The summed E-state index contributed by atoms with van der Waals surface area (Å²) >= 11 is 4.82. The molecule has 0 saturated carbocycles. The van der Waals surface area contributed by atoms with Crippen molar-refractivity contribution < 1.29 is 13.9 Å². The number of aryl methyl sites for hydroxylation is 1. The molecule has 0 aliphatic carbocycles.